The number of halogens is 1. The van der Waals surface area contributed by atoms with Gasteiger partial charge in [-0.2, -0.15) is 4.98 Å². The van der Waals surface area contributed by atoms with Gasteiger partial charge in [-0.05, 0) is 22.2 Å². The predicted octanol–water partition coefficient (Wildman–Crippen LogP) is 0.953. The zero-order valence-electron chi connectivity index (χ0n) is 6.50. The van der Waals surface area contributed by atoms with Gasteiger partial charge in [0, 0.05) is 0 Å². The lowest BCUT2D eigenvalue weighted by Crippen LogP contribution is -2.17. The molecule has 0 aliphatic rings. The van der Waals surface area contributed by atoms with Crippen molar-refractivity contribution in [2.75, 3.05) is 6.26 Å². The van der Waals surface area contributed by atoms with E-state index in [4.69, 9.17) is 5.11 Å². The quantitative estimate of drug-likeness (QED) is 0.614. The molecule has 1 aromatic heterocycles. The molecule has 5 nitrogen and oxygen atoms in total. The van der Waals surface area contributed by atoms with Crippen molar-refractivity contribution < 1.29 is 9.90 Å². The summed E-state index contributed by atoms with van der Waals surface area (Å²) >= 11 is 4.24. The summed E-state index contributed by atoms with van der Waals surface area (Å²) in [7, 11) is 0. The molecule has 1 aromatic rings. The summed E-state index contributed by atoms with van der Waals surface area (Å²) in [4.78, 5) is 27.2. The lowest BCUT2D eigenvalue weighted by atomic mass is 10.4. The average Bonchev–Trinajstić information content (AvgIpc) is 2.08. The third kappa shape index (κ3) is 2.10. The highest BCUT2D eigenvalue weighted by atomic mass is 79.9. The van der Waals surface area contributed by atoms with Gasteiger partial charge in [-0.1, -0.05) is 0 Å². The van der Waals surface area contributed by atoms with Crippen LogP contribution >= 0.6 is 27.7 Å². The first kappa shape index (κ1) is 10.3. The molecule has 0 saturated heterocycles. The van der Waals surface area contributed by atoms with E-state index in [1.807, 2.05) is 0 Å². The highest BCUT2D eigenvalue weighted by molar-refractivity contribution is 9.10. The molecule has 0 radical (unpaired) electrons. The van der Waals surface area contributed by atoms with Crippen LogP contribution in [0.2, 0.25) is 0 Å². The van der Waals surface area contributed by atoms with Crippen molar-refractivity contribution in [1.82, 2.24) is 9.97 Å². The van der Waals surface area contributed by atoms with Crippen LogP contribution < -0.4 is 5.69 Å². The molecule has 0 atom stereocenters. The number of rotatable bonds is 2. The van der Waals surface area contributed by atoms with Gasteiger partial charge < -0.3 is 5.11 Å². The summed E-state index contributed by atoms with van der Waals surface area (Å²) in [5, 5.41) is 9.04. The van der Waals surface area contributed by atoms with Gasteiger partial charge in [-0.3, -0.25) is 4.98 Å². The molecule has 2 N–H and O–H groups in total. The van der Waals surface area contributed by atoms with E-state index < -0.39 is 11.7 Å². The van der Waals surface area contributed by atoms with Crippen LogP contribution in [0.3, 0.4) is 0 Å². The smallest absolute Gasteiger partial charge is 0.353 e. The summed E-state index contributed by atoms with van der Waals surface area (Å²) in [6, 6.07) is 0. The first-order valence-electron chi connectivity index (χ1n) is 3.13. The van der Waals surface area contributed by atoms with Crippen LogP contribution in [0.4, 0.5) is 0 Å². The molecule has 0 amide bonds. The molecule has 0 saturated carbocycles. The van der Waals surface area contributed by atoms with E-state index in [-0.39, 0.29) is 5.69 Å². The molecule has 0 aliphatic carbocycles. The summed E-state index contributed by atoms with van der Waals surface area (Å²) < 4.78 is 0.298. The first-order chi connectivity index (χ1) is 6.06. The van der Waals surface area contributed by atoms with E-state index in [0.29, 0.717) is 9.50 Å². The molecule has 0 unspecified atom stereocenters. The van der Waals surface area contributed by atoms with Crippen LogP contribution in [0.5, 0.6) is 0 Å². The van der Waals surface area contributed by atoms with Crippen LogP contribution in [-0.4, -0.2) is 27.3 Å². The van der Waals surface area contributed by atoms with Crippen LogP contribution in [0.1, 0.15) is 10.5 Å². The topological polar surface area (TPSA) is 83.0 Å². The number of hydrogen-bond donors (Lipinski definition) is 2. The SMILES string of the molecule is CSc1nc(=O)[nH]c(C(=O)O)c1Br. The molecular formula is C6H5BrN2O3S. The average molecular weight is 265 g/mol. The lowest BCUT2D eigenvalue weighted by Gasteiger charge is -2.01. The fourth-order valence-electron chi connectivity index (χ4n) is 0.721. The Morgan fingerprint density at radius 1 is 1.69 bits per heavy atom. The number of carboxylic acid groups (broad SMARTS) is 1. The Kier molecular flexibility index (Phi) is 3.10. The molecule has 0 aromatic carbocycles. The molecule has 1 rings (SSSR count). The molecule has 70 valence electrons. The summed E-state index contributed by atoms with van der Waals surface area (Å²) in [5.41, 5.74) is -0.839. The second kappa shape index (κ2) is 3.93. The molecule has 0 fully saturated rings. The number of aromatic nitrogens is 2. The summed E-state index contributed by atoms with van der Waals surface area (Å²) in [6.07, 6.45) is 1.71. The number of H-pyrrole nitrogens is 1. The van der Waals surface area contributed by atoms with Crippen molar-refractivity contribution in [2.24, 2.45) is 0 Å². The van der Waals surface area contributed by atoms with Crippen LogP contribution in [0.15, 0.2) is 14.3 Å². The van der Waals surface area contributed by atoms with E-state index in [2.05, 4.69) is 25.9 Å². The van der Waals surface area contributed by atoms with Crippen molar-refractivity contribution in [3.05, 3.63) is 20.7 Å². The number of nitrogens with zero attached hydrogens (tertiary/aromatic N) is 1. The number of aromatic amines is 1. The van der Waals surface area contributed by atoms with Crippen LogP contribution in [0.25, 0.3) is 0 Å². The maximum absolute atomic E-state index is 10.9. The number of aromatic carboxylic acids is 1. The number of carbonyl (C=O) groups is 1. The fourth-order valence-corrected chi connectivity index (χ4v) is 2.02. The number of hydrogen-bond acceptors (Lipinski definition) is 4. The van der Waals surface area contributed by atoms with E-state index in [1.54, 1.807) is 6.26 Å². The first-order valence-corrected chi connectivity index (χ1v) is 5.15. The molecule has 0 bridgehead atoms. The lowest BCUT2D eigenvalue weighted by molar-refractivity contribution is 0.0688. The van der Waals surface area contributed by atoms with Gasteiger partial charge in [-0.15, -0.1) is 11.8 Å². The third-order valence-corrected chi connectivity index (χ3v) is 2.97. The van der Waals surface area contributed by atoms with Gasteiger partial charge in [0.15, 0.2) is 0 Å². The van der Waals surface area contributed by atoms with Crippen molar-refractivity contribution in [1.29, 1.82) is 0 Å². The minimum Gasteiger partial charge on any atom is -0.477 e. The largest absolute Gasteiger partial charge is 0.477 e. The van der Waals surface area contributed by atoms with E-state index in [0.717, 1.165) is 0 Å². The van der Waals surface area contributed by atoms with Crippen LogP contribution in [-0.2, 0) is 0 Å². The van der Waals surface area contributed by atoms with Gasteiger partial charge in [0.05, 0.1) is 4.47 Å². The second-order valence-electron chi connectivity index (χ2n) is 2.05. The summed E-state index contributed by atoms with van der Waals surface area (Å²) in [5.74, 6) is -1.19. The zero-order valence-corrected chi connectivity index (χ0v) is 8.90. The standard InChI is InChI=1S/C6H5BrN2O3S/c1-13-4-2(7)3(5(10)11)8-6(12)9-4/h1H3,(H,10,11)(H,8,9,12). The Balaban J connectivity index is 3.44. The molecule has 1 heterocycles. The minimum absolute atomic E-state index is 0.177. The number of carboxylic acids is 1. The summed E-state index contributed by atoms with van der Waals surface area (Å²) in [6.45, 7) is 0. The van der Waals surface area contributed by atoms with Gasteiger partial charge in [-0.25, -0.2) is 9.59 Å². The number of thioether (sulfide) groups is 1. The maximum Gasteiger partial charge on any atom is 0.353 e. The third-order valence-electron chi connectivity index (χ3n) is 1.25. The molecule has 0 spiro atoms. The van der Waals surface area contributed by atoms with E-state index >= 15 is 0 Å². The minimum atomic E-state index is -1.19. The molecular weight excluding hydrogens is 260 g/mol. The Hall–Kier alpha value is -0.820. The second-order valence-corrected chi connectivity index (χ2v) is 3.63. The Bertz CT molecular complexity index is 403. The molecule has 0 aliphatic heterocycles. The van der Waals surface area contributed by atoms with Crippen molar-refractivity contribution in [3.63, 3.8) is 0 Å². The van der Waals surface area contributed by atoms with Gasteiger partial charge in [0.25, 0.3) is 0 Å². The normalized spacial score (nSPS) is 10.0. The van der Waals surface area contributed by atoms with Gasteiger partial charge >= 0.3 is 11.7 Å². The Morgan fingerprint density at radius 3 is 2.77 bits per heavy atom. The Morgan fingerprint density at radius 2 is 2.31 bits per heavy atom. The Labute approximate surface area is 85.7 Å². The fraction of sp³-hybridized carbons (Fsp3) is 0.167. The predicted molar refractivity (Wildman–Crippen MR) is 51.3 cm³/mol. The molecule has 7 heteroatoms. The highest BCUT2D eigenvalue weighted by Crippen LogP contribution is 2.23. The highest BCUT2D eigenvalue weighted by Gasteiger charge is 2.14. The van der Waals surface area contributed by atoms with Crippen molar-refractivity contribution in [3.8, 4) is 0 Å². The monoisotopic (exact) mass is 264 g/mol. The van der Waals surface area contributed by atoms with E-state index in [1.165, 1.54) is 11.8 Å². The van der Waals surface area contributed by atoms with Crippen molar-refractivity contribution >= 4 is 33.7 Å². The number of nitrogens with one attached hydrogen (secondary N) is 1. The van der Waals surface area contributed by atoms with Gasteiger partial charge in [0.2, 0.25) is 0 Å². The zero-order chi connectivity index (χ0) is 10.0. The van der Waals surface area contributed by atoms with E-state index in [9.17, 15) is 9.59 Å². The van der Waals surface area contributed by atoms with Crippen molar-refractivity contribution in [2.45, 2.75) is 5.03 Å². The molecule has 13 heavy (non-hydrogen) atoms. The maximum atomic E-state index is 10.9. The van der Waals surface area contributed by atoms with Crippen LogP contribution in [0, 0.1) is 0 Å². The van der Waals surface area contributed by atoms with Gasteiger partial charge in [0.1, 0.15) is 10.7 Å².